The molecule has 1 aromatic carbocycles. The highest BCUT2D eigenvalue weighted by Crippen LogP contribution is 2.26. The molecule has 0 fully saturated rings. The van der Waals surface area contributed by atoms with Gasteiger partial charge in [-0.1, -0.05) is 32.0 Å². The lowest BCUT2D eigenvalue weighted by Gasteiger charge is -2.09. The van der Waals surface area contributed by atoms with Gasteiger partial charge in [-0.05, 0) is 24.0 Å². The van der Waals surface area contributed by atoms with Crippen molar-refractivity contribution < 1.29 is 9.90 Å². The summed E-state index contributed by atoms with van der Waals surface area (Å²) in [7, 11) is 0. The van der Waals surface area contributed by atoms with E-state index in [2.05, 4.69) is 13.8 Å². The van der Waals surface area contributed by atoms with Gasteiger partial charge in [-0.15, -0.1) is 0 Å². The summed E-state index contributed by atoms with van der Waals surface area (Å²) >= 11 is 0. The first kappa shape index (κ1) is 11.7. The van der Waals surface area contributed by atoms with Gasteiger partial charge < -0.3 is 9.90 Å². The van der Waals surface area contributed by atoms with E-state index in [1.165, 1.54) is 0 Å². The van der Waals surface area contributed by atoms with Gasteiger partial charge in [0.25, 0.3) is 0 Å². The fourth-order valence-corrected chi connectivity index (χ4v) is 1.12. The van der Waals surface area contributed by atoms with Gasteiger partial charge in [0.05, 0.1) is 0 Å². The van der Waals surface area contributed by atoms with Crippen LogP contribution in [0.2, 0.25) is 0 Å². The van der Waals surface area contributed by atoms with Crippen LogP contribution in [0.25, 0.3) is 0 Å². The highest BCUT2D eigenvalue weighted by molar-refractivity contribution is 5.34. The van der Waals surface area contributed by atoms with Crippen LogP contribution in [0.15, 0.2) is 24.3 Å². The van der Waals surface area contributed by atoms with Crippen LogP contribution in [0.5, 0.6) is 5.75 Å². The molecule has 0 bridgehead atoms. The van der Waals surface area contributed by atoms with Crippen molar-refractivity contribution in [3.63, 3.8) is 0 Å². The fraction of sp³-hybridized carbons (Fsp3) is 0.364. The van der Waals surface area contributed by atoms with Gasteiger partial charge in [0.2, 0.25) is 0 Å². The maximum atomic E-state index is 9.41. The van der Waals surface area contributed by atoms with Crippen molar-refractivity contribution in [2.75, 3.05) is 0 Å². The number of benzene rings is 1. The molecule has 0 aromatic heterocycles. The average Bonchev–Trinajstić information content (AvgIpc) is 2.20. The van der Waals surface area contributed by atoms with Gasteiger partial charge in [0.1, 0.15) is 12.5 Å². The molecule has 1 rings (SSSR count). The third-order valence-electron chi connectivity index (χ3n) is 2.08. The lowest BCUT2D eigenvalue weighted by Crippen LogP contribution is -1.90. The molecule has 0 saturated carbocycles. The van der Waals surface area contributed by atoms with Gasteiger partial charge in [0.15, 0.2) is 0 Å². The minimum Gasteiger partial charge on any atom is -0.508 e. The summed E-state index contributed by atoms with van der Waals surface area (Å²) in [4.78, 5) is 8.00. The van der Waals surface area contributed by atoms with Crippen molar-refractivity contribution in [2.24, 2.45) is 0 Å². The number of phenolic OH excluding ortho intramolecular Hbond substituents is 1. The fourth-order valence-electron chi connectivity index (χ4n) is 1.12. The maximum absolute atomic E-state index is 9.41. The molecule has 2 heteroatoms. The molecule has 1 unspecified atom stereocenters. The van der Waals surface area contributed by atoms with Crippen molar-refractivity contribution in [2.45, 2.75) is 26.2 Å². The zero-order chi connectivity index (χ0) is 10.3. The van der Waals surface area contributed by atoms with Crippen LogP contribution < -0.4 is 0 Å². The number of rotatable bonds is 2. The van der Waals surface area contributed by atoms with Crippen LogP contribution in [0.3, 0.4) is 0 Å². The molecule has 0 heterocycles. The Bertz CT molecular complexity index is 246. The minimum atomic E-state index is 0.418. The van der Waals surface area contributed by atoms with Crippen LogP contribution in [-0.4, -0.2) is 11.9 Å². The van der Waals surface area contributed by atoms with Crippen LogP contribution in [0, 0.1) is 0 Å². The summed E-state index contributed by atoms with van der Waals surface area (Å²) < 4.78 is 0. The van der Waals surface area contributed by atoms with Crippen LogP contribution in [-0.2, 0) is 4.79 Å². The molecule has 72 valence electrons. The average molecular weight is 180 g/mol. The number of carbonyl (C=O) groups is 1. The van der Waals surface area contributed by atoms with E-state index in [1.54, 1.807) is 6.07 Å². The van der Waals surface area contributed by atoms with Gasteiger partial charge in [-0.3, -0.25) is 0 Å². The Balaban J connectivity index is 0.000000671. The van der Waals surface area contributed by atoms with E-state index >= 15 is 0 Å². The van der Waals surface area contributed by atoms with E-state index in [-0.39, 0.29) is 0 Å². The Morgan fingerprint density at radius 3 is 2.38 bits per heavy atom. The molecule has 0 radical (unpaired) electrons. The monoisotopic (exact) mass is 180 g/mol. The molecule has 1 atom stereocenters. The Labute approximate surface area is 79.2 Å². The van der Waals surface area contributed by atoms with E-state index in [9.17, 15) is 5.11 Å². The highest BCUT2D eigenvalue weighted by atomic mass is 16.3. The number of carbonyl (C=O) groups excluding carboxylic acids is 1. The van der Waals surface area contributed by atoms with Crippen molar-refractivity contribution in [3.05, 3.63) is 29.8 Å². The standard InChI is InChI=1S/C10H14O.CH2O/c1-3-8(2)9-6-4-5-7-10(9)11;1-2/h4-8,11H,3H2,1-2H3;1H2. The lowest BCUT2D eigenvalue weighted by molar-refractivity contribution is -0.0979. The van der Waals surface area contributed by atoms with Crippen LogP contribution in [0.4, 0.5) is 0 Å². The molecule has 1 aromatic rings. The third kappa shape index (κ3) is 3.28. The van der Waals surface area contributed by atoms with Crippen molar-refractivity contribution in [1.29, 1.82) is 0 Å². The molecule has 0 aliphatic heterocycles. The summed E-state index contributed by atoms with van der Waals surface area (Å²) in [6.45, 7) is 6.24. The van der Waals surface area contributed by atoms with Crippen molar-refractivity contribution >= 4 is 6.79 Å². The van der Waals surface area contributed by atoms with Gasteiger partial charge in [-0.25, -0.2) is 0 Å². The minimum absolute atomic E-state index is 0.418. The quantitative estimate of drug-likeness (QED) is 0.759. The number of hydrogen-bond donors (Lipinski definition) is 1. The zero-order valence-corrected chi connectivity index (χ0v) is 8.16. The van der Waals surface area contributed by atoms with E-state index < -0.39 is 0 Å². The number of para-hydroxylation sites is 1. The number of phenols is 1. The molecular weight excluding hydrogens is 164 g/mol. The van der Waals surface area contributed by atoms with E-state index in [1.807, 2.05) is 25.0 Å². The SMILES string of the molecule is C=O.CCC(C)c1ccccc1O. The summed E-state index contributed by atoms with van der Waals surface area (Å²) in [5, 5.41) is 9.41. The van der Waals surface area contributed by atoms with E-state index in [0.29, 0.717) is 11.7 Å². The Kier molecular flexibility index (Phi) is 5.60. The van der Waals surface area contributed by atoms with Crippen LogP contribution in [0.1, 0.15) is 31.7 Å². The molecule has 0 aliphatic carbocycles. The molecule has 0 saturated heterocycles. The van der Waals surface area contributed by atoms with Gasteiger partial charge >= 0.3 is 0 Å². The Morgan fingerprint density at radius 1 is 1.38 bits per heavy atom. The molecule has 2 nitrogen and oxygen atoms in total. The highest BCUT2D eigenvalue weighted by Gasteiger charge is 2.05. The van der Waals surface area contributed by atoms with Crippen LogP contribution >= 0.6 is 0 Å². The lowest BCUT2D eigenvalue weighted by atomic mass is 9.98. The van der Waals surface area contributed by atoms with Gasteiger partial charge in [-0.2, -0.15) is 0 Å². The first-order valence-electron chi connectivity index (χ1n) is 4.32. The molecular formula is C11H16O2. The largest absolute Gasteiger partial charge is 0.508 e. The predicted molar refractivity (Wildman–Crippen MR) is 53.9 cm³/mol. The predicted octanol–water partition coefficient (Wildman–Crippen LogP) is 2.72. The molecule has 13 heavy (non-hydrogen) atoms. The second-order valence-corrected chi connectivity index (χ2v) is 2.87. The number of aromatic hydroxyl groups is 1. The summed E-state index contributed by atoms with van der Waals surface area (Å²) in [6, 6.07) is 7.52. The molecule has 1 N–H and O–H groups in total. The summed E-state index contributed by atoms with van der Waals surface area (Å²) in [6.07, 6.45) is 1.07. The normalized spacial score (nSPS) is 11.2. The first-order chi connectivity index (χ1) is 6.25. The van der Waals surface area contributed by atoms with E-state index in [0.717, 1.165) is 12.0 Å². The molecule has 0 spiro atoms. The maximum Gasteiger partial charge on any atom is 0.119 e. The smallest absolute Gasteiger partial charge is 0.119 e. The Morgan fingerprint density at radius 2 is 1.92 bits per heavy atom. The Hall–Kier alpha value is -1.31. The second-order valence-electron chi connectivity index (χ2n) is 2.87. The van der Waals surface area contributed by atoms with Crippen molar-refractivity contribution in [1.82, 2.24) is 0 Å². The summed E-state index contributed by atoms with van der Waals surface area (Å²) in [5.74, 6) is 0.873. The van der Waals surface area contributed by atoms with Gasteiger partial charge in [0, 0.05) is 0 Å². The second kappa shape index (κ2) is 6.23. The number of hydrogen-bond acceptors (Lipinski definition) is 2. The first-order valence-corrected chi connectivity index (χ1v) is 4.32. The molecule has 0 aliphatic rings. The third-order valence-corrected chi connectivity index (χ3v) is 2.08. The molecule has 0 amide bonds. The zero-order valence-electron chi connectivity index (χ0n) is 8.16. The summed E-state index contributed by atoms with van der Waals surface area (Å²) in [5.41, 5.74) is 1.05. The van der Waals surface area contributed by atoms with E-state index in [4.69, 9.17) is 4.79 Å². The topological polar surface area (TPSA) is 37.3 Å². The van der Waals surface area contributed by atoms with Crippen molar-refractivity contribution in [3.8, 4) is 5.75 Å².